The molecule has 1 saturated heterocycles. The lowest BCUT2D eigenvalue weighted by atomic mass is 10.1. The number of nitrogens with zero attached hydrogens (tertiary/aromatic N) is 5. The fourth-order valence-electron chi connectivity index (χ4n) is 3.89. The van der Waals surface area contributed by atoms with Crippen molar-refractivity contribution in [2.75, 3.05) is 18.2 Å². The van der Waals surface area contributed by atoms with Gasteiger partial charge in [0.15, 0.2) is 11.5 Å². The Morgan fingerprint density at radius 3 is 3.00 bits per heavy atom. The molecule has 2 atom stereocenters. The highest BCUT2D eigenvalue weighted by Gasteiger charge is 2.32. The first-order chi connectivity index (χ1) is 14.7. The lowest BCUT2D eigenvalue weighted by Gasteiger charge is -2.26. The van der Waals surface area contributed by atoms with Gasteiger partial charge in [0.05, 0.1) is 6.04 Å². The average Bonchev–Trinajstić information content (AvgIpc) is 3.54. The number of fused-ring (bicyclic) bond motifs is 1. The molecule has 1 N–H and O–H groups in total. The lowest BCUT2D eigenvalue weighted by molar-refractivity contribution is -0.122. The summed E-state index contributed by atoms with van der Waals surface area (Å²) < 4.78 is 12.6. The average molecular weight is 406 g/mol. The van der Waals surface area contributed by atoms with Crippen LogP contribution in [0.5, 0.6) is 11.5 Å². The van der Waals surface area contributed by atoms with E-state index in [9.17, 15) is 4.79 Å². The molecule has 154 valence electrons. The Labute approximate surface area is 173 Å². The summed E-state index contributed by atoms with van der Waals surface area (Å²) in [5.74, 6) is 2.70. The second kappa shape index (κ2) is 7.66. The maximum absolute atomic E-state index is 13.1. The van der Waals surface area contributed by atoms with E-state index in [2.05, 4.69) is 20.3 Å². The molecule has 5 rings (SSSR count). The van der Waals surface area contributed by atoms with Crippen LogP contribution in [-0.4, -0.2) is 44.8 Å². The summed E-state index contributed by atoms with van der Waals surface area (Å²) in [5.41, 5.74) is 0.974. The topological polar surface area (TPSA) is 94.4 Å². The summed E-state index contributed by atoms with van der Waals surface area (Å²) in [6.45, 7) is 2.98. The van der Waals surface area contributed by atoms with Gasteiger partial charge in [0, 0.05) is 25.1 Å². The summed E-state index contributed by atoms with van der Waals surface area (Å²) >= 11 is 0. The van der Waals surface area contributed by atoms with Crippen molar-refractivity contribution < 1.29 is 14.3 Å². The van der Waals surface area contributed by atoms with Gasteiger partial charge < -0.3 is 19.7 Å². The van der Waals surface area contributed by atoms with Gasteiger partial charge >= 0.3 is 0 Å². The van der Waals surface area contributed by atoms with E-state index in [1.54, 1.807) is 29.5 Å². The van der Waals surface area contributed by atoms with Crippen molar-refractivity contribution in [1.82, 2.24) is 24.8 Å². The highest BCUT2D eigenvalue weighted by molar-refractivity contribution is 5.86. The van der Waals surface area contributed by atoms with E-state index in [1.807, 2.05) is 36.1 Å². The van der Waals surface area contributed by atoms with E-state index in [1.165, 1.54) is 0 Å². The lowest BCUT2D eigenvalue weighted by Crippen LogP contribution is -2.44. The number of carbonyl (C=O) groups excluding carboxylic acids is 1. The van der Waals surface area contributed by atoms with Crippen LogP contribution < -0.4 is 19.7 Å². The zero-order valence-corrected chi connectivity index (χ0v) is 16.6. The van der Waals surface area contributed by atoms with Crippen molar-refractivity contribution in [2.45, 2.75) is 31.8 Å². The standard InChI is InChI=1S/C21H22N6O3/c1-14(15-4-5-17-18(11-15)30-13-29-17)24-20(28)16-3-2-9-27(16)19-6-7-23-21(25-19)26-10-8-22-12-26/h4-8,10-12,14,16H,2-3,9,13H2,1H3,(H,24,28). The number of carbonyl (C=O) groups is 1. The van der Waals surface area contributed by atoms with Gasteiger partial charge in [-0.3, -0.25) is 9.36 Å². The highest BCUT2D eigenvalue weighted by Crippen LogP contribution is 2.34. The molecule has 0 radical (unpaired) electrons. The highest BCUT2D eigenvalue weighted by atomic mass is 16.7. The molecule has 2 aromatic heterocycles. The Hall–Kier alpha value is -3.62. The van der Waals surface area contributed by atoms with Gasteiger partial charge in [-0.15, -0.1) is 0 Å². The molecule has 1 amide bonds. The van der Waals surface area contributed by atoms with E-state index >= 15 is 0 Å². The predicted octanol–water partition coefficient (Wildman–Crippen LogP) is 2.24. The van der Waals surface area contributed by atoms with Gasteiger partial charge in [-0.05, 0) is 43.5 Å². The van der Waals surface area contributed by atoms with Gasteiger partial charge in [-0.25, -0.2) is 9.97 Å². The van der Waals surface area contributed by atoms with Crippen LogP contribution in [0, 0.1) is 0 Å². The number of benzene rings is 1. The summed E-state index contributed by atoms with van der Waals surface area (Å²) in [7, 11) is 0. The summed E-state index contributed by atoms with van der Waals surface area (Å²) in [6.07, 6.45) is 8.55. The molecule has 30 heavy (non-hydrogen) atoms. The minimum atomic E-state index is -0.271. The number of nitrogens with one attached hydrogen (secondary N) is 1. The quantitative estimate of drug-likeness (QED) is 0.694. The first-order valence-corrected chi connectivity index (χ1v) is 9.97. The first-order valence-electron chi connectivity index (χ1n) is 9.97. The van der Waals surface area contributed by atoms with E-state index < -0.39 is 0 Å². The van der Waals surface area contributed by atoms with Gasteiger partial charge in [0.1, 0.15) is 18.2 Å². The van der Waals surface area contributed by atoms with Crippen LogP contribution in [0.15, 0.2) is 49.2 Å². The SMILES string of the molecule is CC(NC(=O)C1CCCN1c1ccnc(-n2ccnc2)n1)c1ccc2c(c1)OCO2. The molecule has 2 unspecified atom stereocenters. The van der Waals surface area contributed by atoms with Crippen molar-refractivity contribution in [1.29, 1.82) is 0 Å². The van der Waals surface area contributed by atoms with Gasteiger partial charge in [0.2, 0.25) is 18.6 Å². The molecule has 1 fully saturated rings. The van der Waals surface area contributed by atoms with Crippen molar-refractivity contribution in [3.8, 4) is 17.4 Å². The zero-order chi connectivity index (χ0) is 20.5. The first kappa shape index (κ1) is 18.4. The van der Waals surface area contributed by atoms with Crippen molar-refractivity contribution in [3.05, 3.63) is 54.7 Å². The fourth-order valence-corrected chi connectivity index (χ4v) is 3.89. The molecule has 2 aliphatic rings. The van der Waals surface area contributed by atoms with Gasteiger partial charge in [-0.1, -0.05) is 6.07 Å². The van der Waals surface area contributed by atoms with E-state index in [-0.39, 0.29) is 24.8 Å². The van der Waals surface area contributed by atoms with Crippen LogP contribution in [0.25, 0.3) is 5.95 Å². The number of aromatic nitrogens is 4. The van der Waals surface area contributed by atoms with Crippen LogP contribution in [-0.2, 0) is 4.79 Å². The fraction of sp³-hybridized carbons (Fsp3) is 0.333. The number of hydrogen-bond donors (Lipinski definition) is 1. The molecular formula is C21H22N6O3. The number of ether oxygens (including phenoxy) is 2. The molecule has 0 spiro atoms. The third-order valence-corrected chi connectivity index (χ3v) is 5.47. The third-order valence-electron chi connectivity index (χ3n) is 5.47. The zero-order valence-electron chi connectivity index (χ0n) is 16.6. The number of rotatable bonds is 5. The van der Waals surface area contributed by atoms with Crippen LogP contribution in [0.1, 0.15) is 31.4 Å². The van der Waals surface area contributed by atoms with Crippen molar-refractivity contribution in [2.24, 2.45) is 0 Å². The third kappa shape index (κ3) is 3.42. The van der Waals surface area contributed by atoms with Crippen LogP contribution in [0.2, 0.25) is 0 Å². The Bertz CT molecular complexity index is 1050. The second-order valence-electron chi connectivity index (χ2n) is 7.38. The number of imidazole rings is 1. The molecule has 9 heteroatoms. The monoisotopic (exact) mass is 406 g/mol. The largest absolute Gasteiger partial charge is 0.454 e. The summed E-state index contributed by atoms with van der Waals surface area (Å²) in [4.78, 5) is 28.1. The van der Waals surface area contributed by atoms with Crippen LogP contribution in [0.4, 0.5) is 5.82 Å². The molecule has 9 nitrogen and oxygen atoms in total. The Balaban J connectivity index is 1.31. The smallest absolute Gasteiger partial charge is 0.243 e. The minimum absolute atomic E-state index is 0.0135. The molecule has 4 heterocycles. The Morgan fingerprint density at radius 2 is 2.13 bits per heavy atom. The molecule has 1 aromatic carbocycles. The molecule has 3 aromatic rings. The van der Waals surface area contributed by atoms with E-state index in [4.69, 9.17) is 9.47 Å². The molecule has 0 bridgehead atoms. The molecule has 2 aliphatic heterocycles. The van der Waals surface area contributed by atoms with Crippen LogP contribution >= 0.6 is 0 Å². The molecule has 0 aliphatic carbocycles. The summed E-state index contributed by atoms with van der Waals surface area (Å²) in [5, 5.41) is 3.14. The Morgan fingerprint density at radius 1 is 1.23 bits per heavy atom. The normalized spacial score (nSPS) is 18.4. The van der Waals surface area contributed by atoms with Gasteiger partial charge in [-0.2, -0.15) is 4.98 Å². The predicted molar refractivity (Wildman–Crippen MR) is 109 cm³/mol. The molecular weight excluding hydrogens is 384 g/mol. The van der Waals surface area contributed by atoms with Crippen molar-refractivity contribution in [3.63, 3.8) is 0 Å². The number of anilines is 1. The van der Waals surface area contributed by atoms with Gasteiger partial charge in [0.25, 0.3) is 0 Å². The van der Waals surface area contributed by atoms with Crippen LogP contribution in [0.3, 0.4) is 0 Å². The van der Waals surface area contributed by atoms with Crippen molar-refractivity contribution >= 4 is 11.7 Å². The molecule has 0 saturated carbocycles. The Kier molecular flexibility index (Phi) is 4.70. The maximum Gasteiger partial charge on any atom is 0.243 e. The van der Waals surface area contributed by atoms with E-state index in [0.717, 1.165) is 36.5 Å². The number of amides is 1. The number of hydrogen-bond acceptors (Lipinski definition) is 7. The second-order valence-corrected chi connectivity index (χ2v) is 7.38. The van der Waals surface area contributed by atoms with E-state index in [0.29, 0.717) is 11.7 Å². The maximum atomic E-state index is 13.1. The minimum Gasteiger partial charge on any atom is -0.454 e. The summed E-state index contributed by atoms with van der Waals surface area (Å²) in [6, 6.07) is 7.16.